The van der Waals surface area contributed by atoms with Crippen LogP contribution in [-0.4, -0.2) is 6.61 Å². The largest absolute Gasteiger partial charge is 0.432 e. The summed E-state index contributed by atoms with van der Waals surface area (Å²) in [5.41, 5.74) is 0.673. The van der Waals surface area contributed by atoms with Crippen LogP contribution in [0.2, 0.25) is 0 Å². The van der Waals surface area contributed by atoms with E-state index in [0.29, 0.717) is 5.56 Å². The number of aryl methyl sites for hydroxylation is 1. The lowest BCUT2D eigenvalue weighted by Crippen LogP contribution is -2.03. The molecule has 0 saturated carbocycles. The van der Waals surface area contributed by atoms with Crippen molar-refractivity contribution in [1.29, 1.82) is 0 Å². The first-order valence-electron chi connectivity index (χ1n) is 4.30. The highest BCUT2D eigenvalue weighted by atomic mass is 19.3. The molecule has 0 amide bonds. The minimum atomic E-state index is -2.98. The molecule has 0 aromatic heterocycles. The Labute approximate surface area is 81.5 Å². The van der Waals surface area contributed by atoms with Gasteiger partial charge in [0.1, 0.15) is 0 Å². The summed E-state index contributed by atoms with van der Waals surface area (Å²) in [5.74, 6) is -1.19. The van der Waals surface area contributed by atoms with E-state index in [1.807, 2.05) is 13.8 Å². The third kappa shape index (κ3) is 4.16. The van der Waals surface area contributed by atoms with E-state index in [4.69, 9.17) is 0 Å². The van der Waals surface area contributed by atoms with E-state index in [1.165, 1.54) is 12.1 Å². The van der Waals surface area contributed by atoms with E-state index >= 15 is 0 Å². The van der Waals surface area contributed by atoms with Gasteiger partial charge in [-0.2, -0.15) is 8.78 Å². The van der Waals surface area contributed by atoms with Crippen LogP contribution in [0.5, 0.6) is 5.75 Å². The van der Waals surface area contributed by atoms with Crippen LogP contribution in [0.4, 0.5) is 13.2 Å². The first-order valence-corrected chi connectivity index (χ1v) is 4.30. The van der Waals surface area contributed by atoms with Gasteiger partial charge in [-0.15, -0.1) is 0 Å². The molecule has 0 unspecified atom stereocenters. The Morgan fingerprint density at radius 1 is 1.21 bits per heavy atom. The van der Waals surface area contributed by atoms with Crippen LogP contribution in [0, 0.1) is 12.7 Å². The fourth-order valence-corrected chi connectivity index (χ4v) is 0.797. The van der Waals surface area contributed by atoms with Crippen LogP contribution in [-0.2, 0) is 0 Å². The van der Waals surface area contributed by atoms with Crippen LogP contribution in [0.1, 0.15) is 19.4 Å². The summed E-state index contributed by atoms with van der Waals surface area (Å²) in [5, 5.41) is 0. The lowest BCUT2D eigenvalue weighted by Gasteiger charge is -2.05. The summed E-state index contributed by atoms with van der Waals surface area (Å²) in [7, 11) is 0. The van der Waals surface area contributed by atoms with Gasteiger partial charge in [0, 0.05) is 0 Å². The molecular formula is C10H13F3O. The number of halogens is 3. The maximum atomic E-state index is 12.7. The van der Waals surface area contributed by atoms with Gasteiger partial charge >= 0.3 is 6.61 Å². The van der Waals surface area contributed by atoms with E-state index in [9.17, 15) is 13.2 Å². The summed E-state index contributed by atoms with van der Waals surface area (Å²) in [6.07, 6.45) is 0. The summed E-state index contributed by atoms with van der Waals surface area (Å²) < 4.78 is 39.9. The van der Waals surface area contributed by atoms with Crippen LogP contribution < -0.4 is 4.74 Å². The van der Waals surface area contributed by atoms with Gasteiger partial charge in [0.05, 0.1) is 0 Å². The van der Waals surface area contributed by atoms with Crippen molar-refractivity contribution in [2.24, 2.45) is 0 Å². The molecule has 1 rings (SSSR count). The maximum absolute atomic E-state index is 12.7. The van der Waals surface area contributed by atoms with Crippen LogP contribution in [0.15, 0.2) is 18.2 Å². The molecule has 1 nitrogen and oxygen atoms in total. The van der Waals surface area contributed by atoms with Gasteiger partial charge in [0.2, 0.25) is 0 Å². The molecule has 0 atom stereocenters. The van der Waals surface area contributed by atoms with E-state index in [2.05, 4.69) is 4.74 Å². The number of hydrogen-bond acceptors (Lipinski definition) is 1. The van der Waals surface area contributed by atoms with Crippen molar-refractivity contribution in [3.8, 4) is 5.75 Å². The van der Waals surface area contributed by atoms with Gasteiger partial charge in [-0.05, 0) is 24.6 Å². The number of hydrogen-bond donors (Lipinski definition) is 0. The predicted octanol–water partition coefficient (Wildman–Crippen LogP) is 3.76. The van der Waals surface area contributed by atoms with Gasteiger partial charge in [-0.25, -0.2) is 4.39 Å². The van der Waals surface area contributed by atoms with Crippen molar-refractivity contribution in [2.75, 3.05) is 0 Å². The molecule has 0 aliphatic rings. The Morgan fingerprint density at radius 3 is 2.29 bits per heavy atom. The first kappa shape index (κ1) is 12.8. The van der Waals surface area contributed by atoms with Crippen molar-refractivity contribution in [3.63, 3.8) is 0 Å². The van der Waals surface area contributed by atoms with Gasteiger partial charge < -0.3 is 4.74 Å². The molecule has 80 valence electrons. The molecule has 0 bridgehead atoms. The van der Waals surface area contributed by atoms with Crippen LogP contribution in [0.3, 0.4) is 0 Å². The Kier molecular flexibility index (Phi) is 5.76. The smallest absolute Gasteiger partial charge is 0.387 e. The molecule has 0 radical (unpaired) electrons. The van der Waals surface area contributed by atoms with Crippen molar-refractivity contribution >= 4 is 0 Å². The molecule has 0 spiro atoms. The molecular weight excluding hydrogens is 193 g/mol. The molecule has 0 saturated heterocycles. The zero-order chi connectivity index (χ0) is 11.1. The van der Waals surface area contributed by atoms with Crippen LogP contribution >= 0.6 is 0 Å². The van der Waals surface area contributed by atoms with Crippen molar-refractivity contribution in [2.45, 2.75) is 27.4 Å². The van der Waals surface area contributed by atoms with E-state index < -0.39 is 18.2 Å². The Bertz CT molecular complexity index is 274. The lowest BCUT2D eigenvalue weighted by atomic mass is 10.2. The quantitative estimate of drug-likeness (QED) is 0.715. The standard InChI is InChI=1S/C8H7F3O.C2H6/c1-5-2-3-6(9)7(4-5)12-8(10)11;1-2/h2-4,8H,1H3;1-2H3. The fourth-order valence-electron chi connectivity index (χ4n) is 0.797. The average Bonchev–Trinajstić information content (AvgIpc) is 2.14. The van der Waals surface area contributed by atoms with Crippen molar-refractivity contribution in [3.05, 3.63) is 29.6 Å². The summed E-state index contributed by atoms with van der Waals surface area (Å²) in [4.78, 5) is 0. The Hall–Kier alpha value is -1.19. The molecule has 0 heterocycles. The zero-order valence-electron chi connectivity index (χ0n) is 8.35. The van der Waals surface area contributed by atoms with E-state index in [1.54, 1.807) is 6.92 Å². The van der Waals surface area contributed by atoms with Gasteiger partial charge in [0.25, 0.3) is 0 Å². The molecule has 0 fully saturated rings. The molecule has 0 aliphatic heterocycles. The highest BCUT2D eigenvalue weighted by molar-refractivity contribution is 5.29. The van der Waals surface area contributed by atoms with Gasteiger partial charge in [-0.3, -0.25) is 0 Å². The number of ether oxygens (including phenoxy) is 1. The fraction of sp³-hybridized carbons (Fsp3) is 0.400. The highest BCUT2D eigenvalue weighted by Gasteiger charge is 2.08. The average molecular weight is 206 g/mol. The zero-order valence-corrected chi connectivity index (χ0v) is 8.35. The molecule has 4 heteroatoms. The topological polar surface area (TPSA) is 9.23 Å². The number of benzene rings is 1. The molecule has 14 heavy (non-hydrogen) atoms. The monoisotopic (exact) mass is 206 g/mol. The minimum absolute atomic E-state index is 0.412. The van der Waals surface area contributed by atoms with Crippen molar-refractivity contribution in [1.82, 2.24) is 0 Å². The second-order valence-electron chi connectivity index (χ2n) is 2.31. The predicted molar refractivity (Wildman–Crippen MR) is 49.1 cm³/mol. The Balaban J connectivity index is 0.000000791. The molecule has 0 N–H and O–H groups in total. The second-order valence-corrected chi connectivity index (χ2v) is 2.31. The van der Waals surface area contributed by atoms with Crippen molar-refractivity contribution < 1.29 is 17.9 Å². The summed E-state index contributed by atoms with van der Waals surface area (Å²) in [6.45, 7) is 2.68. The molecule has 1 aromatic carbocycles. The lowest BCUT2D eigenvalue weighted by molar-refractivity contribution is -0.0522. The highest BCUT2D eigenvalue weighted by Crippen LogP contribution is 2.20. The van der Waals surface area contributed by atoms with Gasteiger partial charge in [0.15, 0.2) is 11.6 Å². The first-order chi connectivity index (χ1) is 6.59. The third-order valence-electron chi connectivity index (χ3n) is 1.30. The van der Waals surface area contributed by atoms with E-state index in [0.717, 1.165) is 6.07 Å². The third-order valence-corrected chi connectivity index (χ3v) is 1.30. The molecule has 1 aromatic rings. The summed E-state index contributed by atoms with van der Waals surface area (Å²) >= 11 is 0. The summed E-state index contributed by atoms with van der Waals surface area (Å²) in [6, 6.07) is 3.79. The van der Waals surface area contributed by atoms with Crippen LogP contribution in [0.25, 0.3) is 0 Å². The SMILES string of the molecule is CC.Cc1ccc(F)c(OC(F)F)c1. The Morgan fingerprint density at radius 2 is 1.79 bits per heavy atom. The van der Waals surface area contributed by atoms with E-state index in [-0.39, 0.29) is 0 Å². The second kappa shape index (κ2) is 6.29. The number of alkyl halides is 2. The van der Waals surface area contributed by atoms with Gasteiger partial charge in [-0.1, -0.05) is 19.9 Å². The molecule has 0 aliphatic carbocycles. The maximum Gasteiger partial charge on any atom is 0.387 e. The minimum Gasteiger partial charge on any atom is -0.432 e. The number of rotatable bonds is 2. The normalized spacial score (nSPS) is 9.36.